The summed E-state index contributed by atoms with van der Waals surface area (Å²) in [6.45, 7) is 6.06. The van der Waals surface area contributed by atoms with Crippen molar-refractivity contribution < 1.29 is 14.7 Å². The number of nitrogens with one attached hydrogen (secondary N) is 1. The Morgan fingerprint density at radius 2 is 1.31 bits per heavy atom. The maximum absolute atomic E-state index is 13.0. The van der Waals surface area contributed by atoms with Gasteiger partial charge in [-0.15, -0.1) is 0 Å². The molecule has 0 saturated carbocycles. The molecule has 0 aliphatic carbocycles. The number of aromatic nitrogens is 2. The first-order chi connectivity index (χ1) is 19.0. The van der Waals surface area contributed by atoms with E-state index in [1.165, 1.54) is 38.5 Å². The van der Waals surface area contributed by atoms with E-state index >= 15 is 0 Å². The highest BCUT2D eigenvalue weighted by atomic mass is 16.4. The molecule has 2 N–H and O–H groups in total. The van der Waals surface area contributed by atoms with Crippen LogP contribution in [0.3, 0.4) is 0 Å². The van der Waals surface area contributed by atoms with Crippen molar-refractivity contribution in [2.45, 2.75) is 65.2 Å². The fourth-order valence-corrected chi connectivity index (χ4v) is 4.48. The molecule has 2 aromatic carbocycles. The molecule has 1 amide bonds. The van der Waals surface area contributed by atoms with E-state index in [0.29, 0.717) is 0 Å². The summed E-state index contributed by atoms with van der Waals surface area (Å²) in [5.74, 6) is -0.886. The summed E-state index contributed by atoms with van der Waals surface area (Å²) in [6, 6.07) is 15.7. The maximum atomic E-state index is 13.0. The van der Waals surface area contributed by atoms with Crippen LogP contribution < -0.4 is 0 Å². The lowest BCUT2D eigenvalue weighted by Gasteiger charge is -2.21. The van der Waals surface area contributed by atoms with E-state index in [0.717, 1.165) is 65.6 Å². The van der Waals surface area contributed by atoms with E-state index in [2.05, 4.69) is 23.8 Å². The van der Waals surface area contributed by atoms with E-state index < -0.39 is 5.97 Å². The standard InChI is InChI=1S/C33H41N3O3/c1-3-5-7-9-23-36(24-10-8-6-4-2)30(37)21-15-26-11-17-28(18-12-26)32-33(35-25-34-32)29-19-13-27(14-20-29)16-22-31(38)39/h11-22,25H,3-10,23-24H2,1-2H3,(H,34,35)(H,38,39). The summed E-state index contributed by atoms with van der Waals surface area (Å²) in [5, 5.41) is 8.82. The Kier molecular flexibility index (Phi) is 12.2. The topological polar surface area (TPSA) is 86.3 Å². The van der Waals surface area contributed by atoms with Gasteiger partial charge in [0, 0.05) is 36.4 Å². The zero-order chi connectivity index (χ0) is 27.9. The van der Waals surface area contributed by atoms with Crippen molar-refractivity contribution >= 4 is 24.0 Å². The van der Waals surface area contributed by atoms with Crippen LogP contribution >= 0.6 is 0 Å². The highest BCUT2D eigenvalue weighted by molar-refractivity contribution is 5.92. The molecule has 0 radical (unpaired) electrons. The molecule has 1 aromatic heterocycles. The highest BCUT2D eigenvalue weighted by Crippen LogP contribution is 2.29. The molecule has 6 heteroatoms. The molecule has 206 valence electrons. The Balaban J connectivity index is 1.66. The van der Waals surface area contributed by atoms with E-state index in [4.69, 9.17) is 5.11 Å². The van der Waals surface area contributed by atoms with Crippen LogP contribution in [-0.4, -0.2) is 44.9 Å². The molecule has 0 aliphatic rings. The quantitative estimate of drug-likeness (QED) is 0.147. The molecular formula is C33H41N3O3. The number of H-pyrrole nitrogens is 1. The first-order valence-electron chi connectivity index (χ1n) is 14.1. The van der Waals surface area contributed by atoms with Gasteiger partial charge in [-0.3, -0.25) is 4.79 Å². The van der Waals surface area contributed by atoms with Crippen LogP contribution in [0.1, 0.15) is 76.3 Å². The van der Waals surface area contributed by atoms with Crippen molar-refractivity contribution in [1.29, 1.82) is 0 Å². The summed E-state index contributed by atoms with van der Waals surface area (Å²) in [4.78, 5) is 33.5. The molecule has 1 heterocycles. The Morgan fingerprint density at radius 3 is 1.85 bits per heavy atom. The molecule has 0 saturated heterocycles. The molecule has 0 spiro atoms. The molecule has 0 bridgehead atoms. The summed E-state index contributed by atoms with van der Waals surface area (Å²) >= 11 is 0. The molecule has 0 unspecified atom stereocenters. The number of aromatic amines is 1. The van der Waals surface area contributed by atoms with Crippen LogP contribution in [0, 0.1) is 0 Å². The number of imidazole rings is 1. The number of hydrogen-bond donors (Lipinski definition) is 2. The summed E-state index contributed by atoms with van der Waals surface area (Å²) in [7, 11) is 0. The number of amides is 1. The third kappa shape index (κ3) is 9.71. The second-order valence-corrected chi connectivity index (χ2v) is 9.82. The minimum atomic E-state index is -0.972. The van der Waals surface area contributed by atoms with Gasteiger partial charge in [-0.1, -0.05) is 101 Å². The fraction of sp³-hybridized carbons (Fsp3) is 0.364. The molecule has 3 aromatic rings. The van der Waals surface area contributed by atoms with Gasteiger partial charge in [0.15, 0.2) is 0 Å². The Bertz CT molecular complexity index is 1210. The third-order valence-corrected chi connectivity index (χ3v) is 6.73. The van der Waals surface area contributed by atoms with Gasteiger partial charge in [0.2, 0.25) is 5.91 Å². The predicted molar refractivity (Wildman–Crippen MR) is 160 cm³/mol. The van der Waals surface area contributed by atoms with Crippen LogP contribution in [0.25, 0.3) is 34.7 Å². The second-order valence-electron chi connectivity index (χ2n) is 9.82. The van der Waals surface area contributed by atoms with Gasteiger partial charge < -0.3 is 15.0 Å². The van der Waals surface area contributed by atoms with Crippen LogP contribution in [0.15, 0.2) is 67.0 Å². The van der Waals surface area contributed by atoms with Gasteiger partial charge in [0.1, 0.15) is 0 Å². The zero-order valence-corrected chi connectivity index (χ0v) is 23.2. The number of aliphatic carboxylic acids is 1. The SMILES string of the molecule is CCCCCCN(CCCCCC)C(=O)C=Cc1ccc(-c2nc[nH]c2-c2ccc(C=CC(=O)O)cc2)cc1. The van der Waals surface area contributed by atoms with Crippen LogP contribution in [-0.2, 0) is 9.59 Å². The third-order valence-electron chi connectivity index (χ3n) is 6.73. The predicted octanol–water partition coefficient (Wildman–Crippen LogP) is 7.84. The fourth-order valence-electron chi connectivity index (χ4n) is 4.48. The minimum absolute atomic E-state index is 0.0864. The van der Waals surface area contributed by atoms with Gasteiger partial charge in [-0.25, -0.2) is 9.78 Å². The number of benzene rings is 2. The number of hydrogen-bond acceptors (Lipinski definition) is 3. The molecule has 3 rings (SSSR count). The van der Waals surface area contributed by atoms with Crippen molar-refractivity contribution in [2.24, 2.45) is 0 Å². The van der Waals surface area contributed by atoms with E-state index in [1.54, 1.807) is 18.5 Å². The molecule has 0 fully saturated rings. The monoisotopic (exact) mass is 527 g/mol. The Morgan fingerprint density at radius 1 is 0.769 bits per heavy atom. The summed E-state index contributed by atoms with van der Waals surface area (Å²) in [6.07, 6.45) is 17.2. The maximum Gasteiger partial charge on any atom is 0.328 e. The highest BCUT2D eigenvalue weighted by Gasteiger charge is 2.12. The molecule has 0 aliphatic heterocycles. The van der Waals surface area contributed by atoms with Crippen molar-refractivity contribution in [3.8, 4) is 22.5 Å². The van der Waals surface area contributed by atoms with Crippen LogP contribution in [0.4, 0.5) is 0 Å². The van der Waals surface area contributed by atoms with Gasteiger partial charge in [0.25, 0.3) is 0 Å². The van der Waals surface area contributed by atoms with Crippen molar-refractivity contribution in [3.63, 3.8) is 0 Å². The van der Waals surface area contributed by atoms with Gasteiger partial charge in [-0.05, 0) is 36.1 Å². The summed E-state index contributed by atoms with van der Waals surface area (Å²) < 4.78 is 0. The minimum Gasteiger partial charge on any atom is -0.478 e. The van der Waals surface area contributed by atoms with Crippen molar-refractivity contribution in [1.82, 2.24) is 14.9 Å². The smallest absolute Gasteiger partial charge is 0.328 e. The number of carbonyl (C=O) groups is 2. The van der Waals surface area contributed by atoms with E-state index in [9.17, 15) is 9.59 Å². The van der Waals surface area contributed by atoms with Crippen LogP contribution in [0.5, 0.6) is 0 Å². The number of carbonyl (C=O) groups excluding carboxylic acids is 1. The lowest BCUT2D eigenvalue weighted by molar-refractivity contribution is -0.131. The first kappa shape index (κ1) is 29.6. The normalized spacial score (nSPS) is 11.4. The zero-order valence-electron chi connectivity index (χ0n) is 23.2. The van der Waals surface area contributed by atoms with Crippen molar-refractivity contribution in [3.05, 3.63) is 78.1 Å². The number of rotatable bonds is 16. The number of unbranched alkanes of at least 4 members (excludes halogenated alkanes) is 6. The van der Waals surface area contributed by atoms with Gasteiger partial charge >= 0.3 is 5.97 Å². The first-order valence-corrected chi connectivity index (χ1v) is 14.1. The number of nitrogens with zero attached hydrogens (tertiary/aromatic N) is 2. The van der Waals surface area contributed by atoms with Crippen LogP contribution in [0.2, 0.25) is 0 Å². The van der Waals surface area contributed by atoms with Crippen molar-refractivity contribution in [2.75, 3.05) is 13.1 Å². The lowest BCUT2D eigenvalue weighted by Crippen LogP contribution is -2.31. The molecule has 6 nitrogen and oxygen atoms in total. The molecule has 39 heavy (non-hydrogen) atoms. The number of carboxylic acids is 1. The summed E-state index contributed by atoms with van der Waals surface area (Å²) in [5.41, 5.74) is 5.44. The van der Waals surface area contributed by atoms with Gasteiger partial charge in [0.05, 0.1) is 17.7 Å². The number of carboxylic acid groups (broad SMARTS) is 1. The average Bonchev–Trinajstić information content (AvgIpc) is 3.44. The Labute approximate surface area is 232 Å². The lowest BCUT2D eigenvalue weighted by atomic mass is 10.0. The second kappa shape index (κ2) is 16.1. The van der Waals surface area contributed by atoms with E-state index in [-0.39, 0.29) is 5.91 Å². The molecular weight excluding hydrogens is 486 g/mol. The average molecular weight is 528 g/mol. The Hall–Kier alpha value is -3.93. The largest absolute Gasteiger partial charge is 0.478 e. The molecule has 0 atom stereocenters. The van der Waals surface area contributed by atoms with E-state index in [1.807, 2.05) is 59.5 Å². The van der Waals surface area contributed by atoms with Gasteiger partial charge in [-0.2, -0.15) is 0 Å².